The first kappa shape index (κ1) is 25.2. The van der Waals surface area contributed by atoms with Gasteiger partial charge in [-0.25, -0.2) is 0 Å². The number of Topliss-reactive ketones (excluding diaryl/α,β-unsaturated/α-hetero) is 3. The van der Waals surface area contributed by atoms with Gasteiger partial charge in [0, 0.05) is 24.3 Å². The Morgan fingerprint density at radius 3 is 2.03 bits per heavy atom. The maximum absolute atomic E-state index is 13.3. The summed E-state index contributed by atoms with van der Waals surface area (Å²) < 4.78 is 0. The van der Waals surface area contributed by atoms with Gasteiger partial charge in [0.1, 0.15) is 0 Å². The highest BCUT2D eigenvalue weighted by Gasteiger charge is 2.31. The molecule has 2 atom stereocenters. The number of rotatable bonds is 13. The molecule has 0 saturated carbocycles. The molecule has 1 amide bonds. The molecule has 5 heteroatoms. The van der Waals surface area contributed by atoms with Gasteiger partial charge in [0.2, 0.25) is 5.78 Å². The van der Waals surface area contributed by atoms with E-state index in [4.69, 9.17) is 0 Å². The second-order valence-electron chi connectivity index (χ2n) is 8.62. The van der Waals surface area contributed by atoms with E-state index in [9.17, 15) is 19.2 Å². The summed E-state index contributed by atoms with van der Waals surface area (Å²) in [5.74, 6) is -2.03. The zero-order valence-corrected chi connectivity index (χ0v) is 19.2. The van der Waals surface area contributed by atoms with Gasteiger partial charge in [0.05, 0.1) is 6.04 Å². The van der Waals surface area contributed by atoms with E-state index in [-0.39, 0.29) is 30.4 Å². The highest BCUT2D eigenvalue weighted by molar-refractivity contribution is 6.38. The van der Waals surface area contributed by atoms with E-state index in [1.807, 2.05) is 57.2 Å². The fraction of sp³-hybridized carbons (Fsp3) is 0.407. The Bertz CT molecular complexity index is 906. The SMILES string of the molecule is CCCC(=O)C(=O)C(CC(=O)[C@H](CC(C)C)NC(=O)c1ccccc1)Cc1ccccc1. The second kappa shape index (κ2) is 12.7. The third-order valence-electron chi connectivity index (χ3n) is 5.33. The molecule has 0 aromatic heterocycles. The van der Waals surface area contributed by atoms with Crippen molar-refractivity contribution in [2.75, 3.05) is 0 Å². The Labute approximate surface area is 190 Å². The monoisotopic (exact) mass is 435 g/mol. The average Bonchev–Trinajstić information content (AvgIpc) is 2.78. The van der Waals surface area contributed by atoms with Crippen LogP contribution in [0.2, 0.25) is 0 Å². The molecule has 0 radical (unpaired) electrons. The summed E-state index contributed by atoms with van der Waals surface area (Å²) in [7, 11) is 0. The van der Waals surface area contributed by atoms with Gasteiger partial charge in [0.15, 0.2) is 11.6 Å². The Hall–Kier alpha value is -3.08. The molecule has 1 N–H and O–H groups in total. The van der Waals surface area contributed by atoms with Crippen LogP contribution in [-0.4, -0.2) is 29.3 Å². The van der Waals surface area contributed by atoms with Crippen molar-refractivity contribution in [3.05, 3.63) is 71.8 Å². The number of amides is 1. The van der Waals surface area contributed by atoms with E-state index in [1.54, 1.807) is 24.3 Å². The molecule has 0 aliphatic carbocycles. The van der Waals surface area contributed by atoms with Crippen LogP contribution in [0.1, 0.15) is 62.4 Å². The normalized spacial score (nSPS) is 12.8. The van der Waals surface area contributed by atoms with Crippen molar-refractivity contribution in [2.45, 2.75) is 58.9 Å². The lowest BCUT2D eigenvalue weighted by Gasteiger charge is -2.22. The Morgan fingerprint density at radius 2 is 1.47 bits per heavy atom. The summed E-state index contributed by atoms with van der Waals surface area (Å²) in [5, 5.41) is 2.84. The van der Waals surface area contributed by atoms with Crippen molar-refractivity contribution in [3.63, 3.8) is 0 Å². The quantitative estimate of drug-likeness (QED) is 0.467. The van der Waals surface area contributed by atoms with Crippen molar-refractivity contribution in [1.29, 1.82) is 0 Å². The molecule has 0 heterocycles. The van der Waals surface area contributed by atoms with Crippen LogP contribution in [0.3, 0.4) is 0 Å². The summed E-state index contributed by atoms with van der Waals surface area (Å²) in [5.41, 5.74) is 1.38. The maximum Gasteiger partial charge on any atom is 0.251 e. The molecule has 0 aliphatic heterocycles. The van der Waals surface area contributed by atoms with Gasteiger partial charge in [-0.1, -0.05) is 69.3 Å². The van der Waals surface area contributed by atoms with Crippen LogP contribution >= 0.6 is 0 Å². The van der Waals surface area contributed by atoms with Crippen LogP contribution < -0.4 is 5.32 Å². The predicted octanol–water partition coefficient (Wildman–Crippen LogP) is 4.59. The molecule has 1 unspecified atom stereocenters. The van der Waals surface area contributed by atoms with E-state index < -0.39 is 23.5 Å². The molecule has 0 saturated heterocycles. The van der Waals surface area contributed by atoms with Crippen LogP contribution in [-0.2, 0) is 20.8 Å². The van der Waals surface area contributed by atoms with Gasteiger partial charge in [-0.15, -0.1) is 0 Å². The van der Waals surface area contributed by atoms with Crippen molar-refractivity contribution >= 4 is 23.3 Å². The lowest BCUT2D eigenvalue weighted by atomic mass is 9.85. The summed E-state index contributed by atoms with van der Waals surface area (Å²) in [4.78, 5) is 51.1. The minimum Gasteiger partial charge on any atom is -0.342 e. The molecule has 2 aromatic rings. The number of ketones is 3. The first-order chi connectivity index (χ1) is 15.3. The zero-order chi connectivity index (χ0) is 23.5. The topological polar surface area (TPSA) is 80.3 Å². The first-order valence-corrected chi connectivity index (χ1v) is 11.3. The summed E-state index contributed by atoms with van der Waals surface area (Å²) in [6, 6.07) is 17.4. The lowest BCUT2D eigenvalue weighted by Crippen LogP contribution is -2.43. The van der Waals surface area contributed by atoms with E-state index in [0.29, 0.717) is 24.8 Å². The highest BCUT2D eigenvalue weighted by atomic mass is 16.2. The van der Waals surface area contributed by atoms with E-state index in [2.05, 4.69) is 5.32 Å². The van der Waals surface area contributed by atoms with Gasteiger partial charge in [-0.2, -0.15) is 0 Å². The molecule has 2 aromatic carbocycles. The van der Waals surface area contributed by atoms with Crippen LogP contribution in [0.25, 0.3) is 0 Å². The average molecular weight is 436 g/mol. The standard InChI is InChI=1S/C27H33NO4/c1-4-11-24(29)26(31)22(17-20-12-7-5-8-13-20)18-25(30)23(16-19(2)3)28-27(32)21-14-9-6-10-15-21/h5-10,12-15,19,22-23H,4,11,16-18H2,1-3H3,(H,28,32)/t22?,23-/m0/s1. The molecule has 5 nitrogen and oxygen atoms in total. The third kappa shape index (κ3) is 7.88. The molecular formula is C27H33NO4. The minimum absolute atomic E-state index is 0.0738. The molecule has 170 valence electrons. The molecule has 0 fully saturated rings. The van der Waals surface area contributed by atoms with Gasteiger partial charge in [-0.3, -0.25) is 19.2 Å². The van der Waals surface area contributed by atoms with Crippen LogP contribution in [0.5, 0.6) is 0 Å². The van der Waals surface area contributed by atoms with E-state index >= 15 is 0 Å². The van der Waals surface area contributed by atoms with Crippen molar-refractivity contribution in [2.24, 2.45) is 11.8 Å². The zero-order valence-electron chi connectivity index (χ0n) is 19.2. The molecular weight excluding hydrogens is 402 g/mol. The molecule has 0 bridgehead atoms. The van der Waals surface area contributed by atoms with Gasteiger partial charge < -0.3 is 5.32 Å². The van der Waals surface area contributed by atoms with E-state index in [1.165, 1.54) is 0 Å². The van der Waals surface area contributed by atoms with Gasteiger partial charge in [0.25, 0.3) is 5.91 Å². The molecule has 32 heavy (non-hydrogen) atoms. The number of hydrogen-bond donors (Lipinski definition) is 1. The molecule has 2 rings (SSSR count). The van der Waals surface area contributed by atoms with Gasteiger partial charge >= 0.3 is 0 Å². The number of benzene rings is 2. The third-order valence-corrected chi connectivity index (χ3v) is 5.33. The van der Waals surface area contributed by atoms with Crippen LogP contribution in [0.4, 0.5) is 0 Å². The molecule has 0 spiro atoms. The summed E-state index contributed by atoms with van der Waals surface area (Å²) in [6.45, 7) is 5.80. The smallest absolute Gasteiger partial charge is 0.251 e. The number of hydrogen-bond acceptors (Lipinski definition) is 4. The highest BCUT2D eigenvalue weighted by Crippen LogP contribution is 2.19. The summed E-state index contributed by atoms with van der Waals surface area (Å²) >= 11 is 0. The van der Waals surface area contributed by atoms with Crippen molar-refractivity contribution in [1.82, 2.24) is 5.32 Å². The maximum atomic E-state index is 13.3. The number of nitrogens with one attached hydrogen (secondary N) is 1. The fourth-order valence-corrected chi connectivity index (χ4v) is 3.69. The number of carbonyl (C=O) groups is 4. The van der Waals surface area contributed by atoms with Crippen LogP contribution in [0, 0.1) is 11.8 Å². The molecule has 0 aliphatic rings. The van der Waals surface area contributed by atoms with Gasteiger partial charge in [-0.05, 0) is 42.9 Å². The number of carbonyl (C=O) groups excluding carboxylic acids is 4. The first-order valence-electron chi connectivity index (χ1n) is 11.3. The van der Waals surface area contributed by atoms with Crippen molar-refractivity contribution < 1.29 is 19.2 Å². The fourth-order valence-electron chi connectivity index (χ4n) is 3.69. The Morgan fingerprint density at radius 1 is 0.875 bits per heavy atom. The summed E-state index contributed by atoms with van der Waals surface area (Å²) in [6.07, 6.45) is 1.47. The predicted molar refractivity (Wildman–Crippen MR) is 125 cm³/mol. The minimum atomic E-state index is -0.729. The lowest BCUT2D eigenvalue weighted by molar-refractivity contribution is -0.140. The van der Waals surface area contributed by atoms with E-state index in [0.717, 1.165) is 5.56 Å². The Kier molecular flexibility index (Phi) is 9.99. The Balaban J connectivity index is 2.20. The second-order valence-corrected chi connectivity index (χ2v) is 8.62. The largest absolute Gasteiger partial charge is 0.342 e. The van der Waals surface area contributed by atoms with Crippen LogP contribution in [0.15, 0.2) is 60.7 Å². The van der Waals surface area contributed by atoms with Crippen molar-refractivity contribution in [3.8, 4) is 0 Å².